The van der Waals surface area contributed by atoms with Gasteiger partial charge in [-0.1, -0.05) is 13.8 Å². The molecule has 1 saturated heterocycles. The van der Waals surface area contributed by atoms with Gasteiger partial charge in [0.2, 0.25) is 5.91 Å². The van der Waals surface area contributed by atoms with Gasteiger partial charge in [-0.3, -0.25) is 14.5 Å². The van der Waals surface area contributed by atoms with Gasteiger partial charge in [-0.15, -0.1) is 0 Å². The van der Waals surface area contributed by atoms with E-state index in [1.807, 2.05) is 38.2 Å². The van der Waals surface area contributed by atoms with Crippen molar-refractivity contribution in [1.82, 2.24) is 25.3 Å². The van der Waals surface area contributed by atoms with E-state index in [2.05, 4.69) is 20.7 Å². The number of nitrogens with one attached hydrogen (secondary N) is 2. The minimum Gasteiger partial charge on any atom is -0.356 e. The second kappa shape index (κ2) is 7.99. The van der Waals surface area contributed by atoms with Crippen LogP contribution in [0.25, 0.3) is 0 Å². The SMILES string of the molecule is CN=C(NCCc1cnn(C)c1)NC1CCN(C(=O)C(C)C)C1. The van der Waals surface area contributed by atoms with E-state index < -0.39 is 0 Å². The number of aromatic nitrogens is 2. The normalized spacial score (nSPS) is 18.6. The van der Waals surface area contributed by atoms with Crippen LogP contribution in [0.15, 0.2) is 17.4 Å². The van der Waals surface area contributed by atoms with Crippen LogP contribution in [0.2, 0.25) is 0 Å². The summed E-state index contributed by atoms with van der Waals surface area (Å²) in [6, 6.07) is 0.266. The van der Waals surface area contributed by atoms with Gasteiger partial charge in [0, 0.05) is 51.9 Å². The van der Waals surface area contributed by atoms with Gasteiger partial charge in [-0.25, -0.2) is 0 Å². The molecule has 7 nitrogen and oxygen atoms in total. The molecule has 1 aliphatic heterocycles. The van der Waals surface area contributed by atoms with Crippen molar-refractivity contribution in [3.63, 3.8) is 0 Å². The zero-order valence-corrected chi connectivity index (χ0v) is 14.5. The molecule has 1 aromatic rings. The summed E-state index contributed by atoms with van der Waals surface area (Å²) in [6.07, 6.45) is 5.76. The molecule has 2 N–H and O–H groups in total. The second-order valence-electron chi connectivity index (χ2n) is 6.34. The Balaban J connectivity index is 1.74. The molecule has 1 amide bonds. The van der Waals surface area contributed by atoms with Crippen molar-refractivity contribution in [3.8, 4) is 0 Å². The lowest BCUT2D eigenvalue weighted by Crippen LogP contribution is -2.45. The van der Waals surface area contributed by atoms with Crippen molar-refractivity contribution >= 4 is 11.9 Å². The van der Waals surface area contributed by atoms with E-state index in [9.17, 15) is 4.79 Å². The average molecular weight is 320 g/mol. The Morgan fingerprint density at radius 1 is 1.52 bits per heavy atom. The Morgan fingerprint density at radius 3 is 2.91 bits per heavy atom. The minimum atomic E-state index is 0.0608. The van der Waals surface area contributed by atoms with Crippen LogP contribution in [0.4, 0.5) is 0 Å². The third-order valence-electron chi connectivity index (χ3n) is 4.02. The van der Waals surface area contributed by atoms with Crippen molar-refractivity contribution < 1.29 is 4.79 Å². The number of aliphatic imine (C=N–C) groups is 1. The van der Waals surface area contributed by atoms with E-state index in [1.165, 1.54) is 5.56 Å². The number of guanidine groups is 1. The van der Waals surface area contributed by atoms with Crippen molar-refractivity contribution in [2.75, 3.05) is 26.7 Å². The molecule has 1 atom stereocenters. The Kier molecular flexibility index (Phi) is 6.01. The summed E-state index contributed by atoms with van der Waals surface area (Å²) in [5.74, 6) is 1.08. The Hall–Kier alpha value is -2.05. The van der Waals surface area contributed by atoms with E-state index in [0.29, 0.717) is 0 Å². The topological polar surface area (TPSA) is 74.6 Å². The van der Waals surface area contributed by atoms with Gasteiger partial charge in [-0.2, -0.15) is 5.10 Å². The molecule has 1 unspecified atom stereocenters. The lowest BCUT2D eigenvalue weighted by molar-refractivity contribution is -0.133. The van der Waals surface area contributed by atoms with Crippen LogP contribution < -0.4 is 10.6 Å². The summed E-state index contributed by atoms with van der Waals surface area (Å²) in [5.41, 5.74) is 1.20. The van der Waals surface area contributed by atoms with Crippen LogP contribution in [-0.2, 0) is 18.3 Å². The van der Waals surface area contributed by atoms with Crippen LogP contribution in [0.3, 0.4) is 0 Å². The van der Waals surface area contributed by atoms with Gasteiger partial charge >= 0.3 is 0 Å². The molecule has 0 spiro atoms. The van der Waals surface area contributed by atoms with Gasteiger partial charge < -0.3 is 15.5 Å². The molecule has 0 saturated carbocycles. The first kappa shape index (κ1) is 17.3. The van der Waals surface area contributed by atoms with Crippen LogP contribution in [0.5, 0.6) is 0 Å². The third-order valence-corrected chi connectivity index (χ3v) is 4.02. The Bertz CT molecular complexity index is 551. The van der Waals surface area contributed by atoms with Crippen molar-refractivity contribution in [2.45, 2.75) is 32.7 Å². The van der Waals surface area contributed by atoms with E-state index in [1.54, 1.807) is 11.7 Å². The monoisotopic (exact) mass is 320 g/mol. The number of aryl methyl sites for hydroxylation is 1. The second-order valence-corrected chi connectivity index (χ2v) is 6.34. The highest BCUT2D eigenvalue weighted by Crippen LogP contribution is 2.12. The summed E-state index contributed by atoms with van der Waals surface area (Å²) in [7, 11) is 3.69. The maximum Gasteiger partial charge on any atom is 0.225 e. The van der Waals surface area contributed by atoms with E-state index in [-0.39, 0.29) is 17.9 Å². The average Bonchev–Trinajstić information content (AvgIpc) is 3.14. The van der Waals surface area contributed by atoms with Crippen LogP contribution in [0.1, 0.15) is 25.8 Å². The Labute approximate surface area is 138 Å². The predicted octanol–water partition coefficient (Wildman–Crippen LogP) is 0.385. The van der Waals surface area contributed by atoms with E-state index >= 15 is 0 Å². The first-order valence-corrected chi connectivity index (χ1v) is 8.23. The Morgan fingerprint density at radius 2 is 2.30 bits per heavy atom. The molecule has 2 heterocycles. The van der Waals surface area contributed by atoms with Gasteiger partial charge in [0.15, 0.2) is 5.96 Å². The van der Waals surface area contributed by atoms with Crippen molar-refractivity contribution in [3.05, 3.63) is 18.0 Å². The zero-order valence-electron chi connectivity index (χ0n) is 14.5. The zero-order chi connectivity index (χ0) is 16.8. The molecule has 0 bridgehead atoms. The van der Waals surface area contributed by atoms with Gasteiger partial charge in [0.1, 0.15) is 0 Å². The first-order valence-electron chi connectivity index (χ1n) is 8.23. The maximum absolute atomic E-state index is 12.0. The highest BCUT2D eigenvalue weighted by Gasteiger charge is 2.27. The van der Waals surface area contributed by atoms with Crippen LogP contribution in [-0.4, -0.2) is 59.3 Å². The van der Waals surface area contributed by atoms with E-state index in [4.69, 9.17) is 0 Å². The van der Waals surface area contributed by atoms with Gasteiger partial charge in [0.05, 0.1) is 6.20 Å². The number of hydrogen-bond donors (Lipinski definition) is 2. The molecular formula is C16H28N6O. The van der Waals surface area contributed by atoms with Crippen molar-refractivity contribution in [2.24, 2.45) is 18.0 Å². The molecule has 2 rings (SSSR count). The number of nitrogens with zero attached hydrogens (tertiary/aromatic N) is 4. The molecule has 0 aromatic carbocycles. The molecule has 1 aliphatic rings. The predicted molar refractivity (Wildman–Crippen MR) is 91.2 cm³/mol. The lowest BCUT2D eigenvalue weighted by atomic mass is 10.2. The molecular weight excluding hydrogens is 292 g/mol. The minimum absolute atomic E-state index is 0.0608. The number of amides is 1. The molecule has 1 aromatic heterocycles. The summed E-state index contributed by atoms with van der Waals surface area (Å²) >= 11 is 0. The summed E-state index contributed by atoms with van der Waals surface area (Å²) in [6.45, 7) is 6.26. The first-order chi connectivity index (χ1) is 11.0. The third kappa shape index (κ3) is 4.97. The fourth-order valence-electron chi connectivity index (χ4n) is 2.76. The van der Waals surface area contributed by atoms with Crippen molar-refractivity contribution in [1.29, 1.82) is 0 Å². The summed E-state index contributed by atoms with van der Waals surface area (Å²) < 4.78 is 1.81. The highest BCUT2D eigenvalue weighted by molar-refractivity contribution is 5.81. The molecule has 0 radical (unpaired) electrons. The van der Waals surface area contributed by atoms with E-state index in [0.717, 1.165) is 38.4 Å². The molecule has 128 valence electrons. The number of rotatable bonds is 5. The van der Waals surface area contributed by atoms with Crippen LogP contribution >= 0.6 is 0 Å². The standard InChI is InChI=1S/C16H28N6O/c1-12(2)15(23)22-8-6-14(11-22)20-16(17-3)18-7-5-13-9-19-21(4)10-13/h9-10,12,14H,5-8,11H2,1-4H3,(H2,17,18,20). The van der Waals surface area contributed by atoms with Crippen LogP contribution in [0, 0.1) is 5.92 Å². The number of carbonyl (C=O) groups is 1. The number of hydrogen-bond acceptors (Lipinski definition) is 3. The molecule has 7 heteroatoms. The quantitative estimate of drug-likeness (QED) is 0.608. The highest BCUT2D eigenvalue weighted by atomic mass is 16.2. The van der Waals surface area contributed by atoms with Gasteiger partial charge in [-0.05, 0) is 18.4 Å². The lowest BCUT2D eigenvalue weighted by Gasteiger charge is -2.20. The summed E-state index contributed by atoms with van der Waals surface area (Å²) in [4.78, 5) is 18.2. The summed E-state index contributed by atoms with van der Waals surface area (Å²) in [5, 5.41) is 10.9. The largest absolute Gasteiger partial charge is 0.356 e. The maximum atomic E-state index is 12.0. The molecule has 0 aliphatic carbocycles. The van der Waals surface area contributed by atoms with Gasteiger partial charge in [0.25, 0.3) is 0 Å². The smallest absolute Gasteiger partial charge is 0.225 e. The molecule has 23 heavy (non-hydrogen) atoms. The fourth-order valence-corrected chi connectivity index (χ4v) is 2.76. The number of carbonyl (C=O) groups excluding carboxylic acids is 1. The number of likely N-dealkylation sites (tertiary alicyclic amines) is 1. The fraction of sp³-hybridized carbons (Fsp3) is 0.688. The molecule has 1 fully saturated rings.